The van der Waals surface area contributed by atoms with Gasteiger partial charge in [0.05, 0.1) is 19.4 Å². The second-order valence-electron chi connectivity index (χ2n) is 7.23. The van der Waals surface area contributed by atoms with Crippen molar-refractivity contribution in [2.75, 3.05) is 19.0 Å². The number of rotatable bonds is 9. The van der Waals surface area contributed by atoms with E-state index in [1.165, 1.54) is 11.1 Å². The molecular formula is C22H34N6O. The highest BCUT2D eigenvalue weighted by molar-refractivity contribution is 5.90. The summed E-state index contributed by atoms with van der Waals surface area (Å²) in [6.07, 6.45) is 13.3. The van der Waals surface area contributed by atoms with Crippen molar-refractivity contribution in [3.05, 3.63) is 53.2 Å². The second kappa shape index (κ2) is 11.9. The number of unbranched alkanes of at least 4 members (excludes halogenated alkanes) is 1. The van der Waals surface area contributed by atoms with Gasteiger partial charge in [0.1, 0.15) is 0 Å². The van der Waals surface area contributed by atoms with Crippen molar-refractivity contribution in [3.63, 3.8) is 0 Å². The van der Waals surface area contributed by atoms with Crippen LogP contribution in [0.2, 0.25) is 0 Å². The number of aliphatic imine (C=N–C) groups is 1. The zero-order chi connectivity index (χ0) is 21.1. The zero-order valence-electron chi connectivity index (χ0n) is 18.0. The van der Waals surface area contributed by atoms with E-state index in [-0.39, 0.29) is 0 Å². The van der Waals surface area contributed by atoms with Crippen LogP contribution in [0.4, 0.5) is 5.95 Å². The summed E-state index contributed by atoms with van der Waals surface area (Å²) >= 11 is 0. The first-order valence-electron chi connectivity index (χ1n) is 10.2. The lowest BCUT2D eigenvalue weighted by atomic mass is 9.91. The lowest BCUT2D eigenvalue weighted by Crippen LogP contribution is -2.30. The van der Waals surface area contributed by atoms with Crippen molar-refractivity contribution >= 4 is 11.9 Å². The molecular weight excluding hydrogens is 364 g/mol. The van der Waals surface area contributed by atoms with Crippen molar-refractivity contribution in [2.24, 2.45) is 10.7 Å². The number of aromatic nitrogens is 2. The number of nitrogens with one attached hydrogen (secondary N) is 2. The summed E-state index contributed by atoms with van der Waals surface area (Å²) < 4.78 is 5.02. The first-order valence-corrected chi connectivity index (χ1v) is 10.2. The Kier molecular flexibility index (Phi) is 9.21. The van der Waals surface area contributed by atoms with E-state index in [9.17, 15) is 0 Å². The minimum atomic E-state index is 0.327. The third-order valence-corrected chi connectivity index (χ3v) is 4.60. The molecule has 0 aromatic carbocycles. The largest absolute Gasteiger partial charge is 0.505 e. The van der Waals surface area contributed by atoms with Crippen LogP contribution in [0, 0.1) is 13.8 Å². The Bertz CT molecular complexity index is 761. The Labute approximate surface area is 174 Å². The molecule has 0 fully saturated rings. The molecule has 0 radical (unpaired) electrons. The first kappa shape index (κ1) is 22.5. The summed E-state index contributed by atoms with van der Waals surface area (Å²) in [4.78, 5) is 13.1. The molecule has 0 bridgehead atoms. The second-order valence-corrected chi connectivity index (χ2v) is 7.23. The van der Waals surface area contributed by atoms with E-state index in [1.807, 2.05) is 19.9 Å². The summed E-state index contributed by atoms with van der Waals surface area (Å²) in [6.45, 7) is 6.68. The van der Waals surface area contributed by atoms with E-state index in [0.29, 0.717) is 24.5 Å². The topological polar surface area (TPSA) is 97.5 Å². The fourth-order valence-corrected chi connectivity index (χ4v) is 3.23. The van der Waals surface area contributed by atoms with Gasteiger partial charge in [-0.3, -0.25) is 10.3 Å². The van der Waals surface area contributed by atoms with Crippen LogP contribution in [0.3, 0.4) is 0 Å². The molecule has 29 heavy (non-hydrogen) atoms. The molecule has 1 aromatic heterocycles. The minimum Gasteiger partial charge on any atom is -0.505 e. The van der Waals surface area contributed by atoms with Crippen LogP contribution in [0.25, 0.3) is 0 Å². The number of aryl methyl sites for hydroxylation is 2. The Hall–Kier alpha value is -2.83. The van der Waals surface area contributed by atoms with Crippen molar-refractivity contribution in [1.29, 1.82) is 0 Å². The van der Waals surface area contributed by atoms with Crippen molar-refractivity contribution in [2.45, 2.75) is 58.9 Å². The lowest BCUT2D eigenvalue weighted by Gasteiger charge is -2.26. The number of hydrogen-bond acceptors (Lipinski definition) is 5. The van der Waals surface area contributed by atoms with Gasteiger partial charge in [-0.2, -0.15) is 0 Å². The maximum absolute atomic E-state index is 6.00. The van der Waals surface area contributed by atoms with Gasteiger partial charge in [-0.25, -0.2) is 9.97 Å². The molecule has 0 aliphatic carbocycles. The number of hydrogen-bond donors (Lipinski definition) is 3. The number of nitrogens with two attached hydrogens (primary N) is 1. The maximum Gasteiger partial charge on any atom is 0.229 e. The van der Waals surface area contributed by atoms with E-state index < -0.39 is 0 Å². The maximum atomic E-state index is 6.00. The van der Waals surface area contributed by atoms with E-state index in [1.54, 1.807) is 13.4 Å². The van der Waals surface area contributed by atoms with E-state index >= 15 is 0 Å². The van der Waals surface area contributed by atoms with Crippen LogP contribution in [0.1, 0.15) is 50.4 Å². The quantitative estimate of drug-likeness (QED) is 0.254. The van der Waals surface area contributed by atoms with Gasteiger partial charge in [-0.1, -0.05) is 19.4 Å². The highest BCUT2D eigenvalue weighted by atomic mass is 16.5. The summed E-state index contributed by atoms with van der Waals surface area (Å²) in [5.41, 5.74) is 10.6. The standard InChI is InChI=1S/C22H34N6O/c1-5-6-8-19-14-18(15-25-20(19)9-7-12-29-4)10-11-24-21(23)28-22-26-16(2)13-17(3)27-22/h7-8,12-13,15,20,25H,5-6,9-11,14H2,1-4H3,(H3,23,24,26,27,28)/b12-7+,19-8-. The molecule has 1 aromatic rings. The van der Waals surface area contributed by atoms with Crippen LogP contribution in [0.15, 0.2) is 46.8 Å². The minimum absolute atomic E-state index is 0.327. The van der Waals surface area contributed by atoms with Crippen molar-refractivity contribution in [1.82, 2.24) is 15.3 Å². The Balaban J connectivity index is 1.91. The van der Waals surface area contributed by atoms with E-state index in [2.05, 4.69) is 50.9 Å². The Morgan fingerprint density at radius 2 is 2.14 bits per heavy atom. The Morgan fingerprint density at radius 3 is 2.83 bits per heavy atom. The molecule has 7 nitrogen and oxygen atoms in total. The first-order chi connectivity index (χ1) is 14.0. The lowest BCUT2D eigenvalue weighted by molar-refractivity contribution is 0.335. The molecule has 158 valence electrons. The van der Waals surface area contributed by atoms with Gasteiger partial charge in [0.15, 0.2) is 5.96 Å². The number of ether oxygens (including phenoxy) is 1. The van der Waals surface area contributed by atoms with Gasteiger partial charge in [0, 0.05) is 17.9 Å². The third-order valence-electron chi connectivity index (χ3n) is 4.60. The van der Waals surface area contributed by atoms with Crippen molar-refractivity contribution in [3.8, 4) is 0 Å². The van der Waals surface area contributed by atoms with Gasteiger partial charge < -0.3 is 15.8 Å². The molecule has 1 atom stereocenters. The molecule has 1 aliphatic rings. The SMILES string of the molecule is CCC/C=C1/CC(CCN=C(N)Nc2nc(C)cc(C)n2)=CNC1C/C=C/OC. The smallest absolute Gasteiger partial charge is 0.229 e. The molecule has 1 unspecified atom stereocenters. The van der Waals surface area contributed by atoms with Crippen LogP contribution in [-0.2, 0) is 4.74 Å². The predicted octanol–water partition coefficient (Wildman–Crippen LogP) is 3.73. The summed E-state index contributed by atoms with van der Waals surface area (Å²) in [7, 11) is 1.67. The number of methoxy groups -OCH3 is 1. The average Bonchev–Trinajstić information content (AvgIpc) is 2.67. The number of guanidine groups is 1. The normalized spacial score (nSPS) is 18.6. The van der Waals surface area contributed by atoms with E-state index in [0.717, 1.165) is 43.5 Å². The van der Waals surface area contributed by atoms with Crippen LogP contribution < -0.4 is 16.4 Å². The number of nitrogens with zero attached hydrogens (tertiary/aromatic N) is 3. The molecule has 7 heteroatoms. The summed E-state index contributed by atoms with van der Waals surface area (Å²) in [6, 6.07) is 2.25. The van der Waals surface area contributed by atoms with Gasteiger partial charge in [0.2, 0.25) is 5.95 Å². The molecule has 2 rings (SSSR count). The molecule has 0 saturated heterocycles. The predicted molar refractivity (Wildman–Crippen MR) is 120 cm³/mol. The van der Waals surface area contributed by atoms with Gasteiger partial charge in [-0.15, -0.1) is 0 Å². The number of allylic oxidation sites excluding steroid dienone is 1. The summed E-state index contributed by atoms with van der Waals surface area (Å²) in [5, 5.41) is 6.50. The van der Waals surface area contributed by atoms with Gasteiger partial charge in [-0.05, 0) is 69.0 Å². The van der Waals surface area contributed by atoms with Crippen molar-refractivity contribution < 1.29 is 4.74 Å². The molecule has 1 aliphatic heterocycles. The fourth-order valence-electron chi connectivity index (χ4n) is 3.23. The van der Waals surface area contributed by atoms with E-state index in [4.69, 9.17) is 10.5 Å². The van der Waals surface area contributed by atoms with Crippen LogP contribution in [-0.4, -0.2) is 35.6 Å². The average molecular weight is 399 g/mol. The van der Waals surface area contributed by atoms with Crippen LogP contribution >= 0.6 is 0 Å². The highest BCUT2D eigenvalue weighted by Gasteiger charge is 2.17. The monoisotopic (exact) mass is 398 g/mol. The highest BCUT2D eigenvalue weighted by Crippen LogP contribution is 2.24. The Morgan fingerprint density at radius 1 is 1.38 bits per heavy atom. The van der Waals surface area contributed by atoms with Gasteiger partial charge in [0.25, 0.3) is 0 Å². The molecule has 0 saturated carbocycles. The van der Waals surface area contributed by atoms with Gasteiger partial charge >= 0.3 is 0 Å². The zero-order valence-corrected chi connectivity index (χ0v) is 18.0. The fraction of sp³-hybridized carbons (Fsp3) is 0.500. The summed E-state index contributed by atoms with van der Waals surface area (Å²) in [5.74, 6) is 0.822. The number of anilines is 1. The molecule has 2 heterocycles. The third kappa shape index (κ3) is 7.97. The van der Waals surface area contributed by atoms with Crippen LogP contribution in [0.5, 0.6) is 0 Å². The molecule has 4 N–H and O–H groups in total. The molecule has 0 spiro atoms. The molecule has 0 amide bonds.